The second-order valence-electron chi connectivity index (χ2n) is 5.51. The maximum Gasteiger partial charge on any atom is 0.407 e. The van der Waals surface area contributed by atoms with E-state index in [1.165, 1.54) is 0 Å². The molecule has 0 aliphatic carbocycles. The summed E-state index contributed by atoms with van der Waals surface area (Å²) >= 11 is 0. The first-order valence-electron chi connectivity index (χ1n) is 8.65. The van der Waals surface area contributed by atoms with Gasteiger partial charge in [-0.2, -0.15) is 0 Å². The Kier molecular flexibility index (Phi) is 9.59. The van der Waals surface area contributed by atoms with Gasteiger partial charge in [0.05, 0.1) is 13.2 Å². The minimum Gasteiger partial charge on any atom is -0.494 e. The third-order valence-corrected chi connectivity index (χ3v) is 3.43. The molecular weight excluding hydrogens is 340 g/mol. The first-order chi connectivity index (χ1) is 12.5. The van der Waals surface area contributed by atoms with Gasteiger partial charge in [0.15, 0.2) is 0 Å². The second-order valence-corrected chi connectivity index (χ2v) is 5.51. The summed E-state index contributed by atoms with van der Waals surface area (Å²) in [7, 11) is 0. The van der Waals surface area contributed by atoms with Crippen molar-refractivity contribution in [1.82, 2.24) is 5.32 Å². The zero-order valence-corrected chi connectivity index (χ0v) is 15.1. The highest BCUT2D eigenvalue weighted by molar-refractivity contribution is 5.96. The molecule has 0 aliphatic rings. The van der Waals surface area contributed by atoms with Crippen LogP contribution in [-0.2, 0) is 14.3 Å². The highest BCUT2D eigenvalue weighted by atomic mass is 16.5. The van der Waals surface area contributed by atoms with Gasteiger partial charge in [0.25, 0.3) is 0 Å². The van der Waals surface area contributed by atoms with Crippen molar-refractivity contribution in [3.05, 3.63) is 24.3 Å². The van der Waals surface area contributed by atoms with Crippen LogP contribution in [0.1, 0.15) is 39.5 Å². The molecule has 2 amide bonds. The van der Waals surface area contributed by atoms with Crippen LogP contribution in [0, 0.1) is 0 Å². The number of carboxylic acids is 1. The number of alkyl carbamates (subject to hydrolysis) is 1. The van der Waals surface area contributed by atoms with Gasteiger partial charge >= 0.3 is 12.1 Å². The Labute approximate surface area is 152 Å². The molecule has 1 aromatic rings. The van der Waals surface area contributed by atoms with Gasteiger partial charge in [0.2, 0.25) is 5.91 Å². The van der Waals surface area contributed by atoms with Crippen LogP contribution in [0.3, 0.4) is 0 Å². The molecule has 1 unspecified atom stereocenters. The Morgan fingerprint density at radius 3 is 2.58 bits per heavy atom. The molecule has 0 aliphatic heterocycles. The molecule has 0 heterocycles. The normalized spacial score (nSPS) is 11.3. The molecule has 1 rings (SSSR count). The fourth-order valence-electron chi connectivity index (χ4n) is 2.27. The number of hydrogen-bond acceptors (Lipinski definition) is 5. The number of ether oxygens (including phenoxy) is 2. The van der Waals surface area contributed by atoms with E-state index in [2.05, 4.69) is 10.6 Å². The number of unbranched alkanes of at least 4 members (excludes halogenated alkanes) is 1. The molecule has 3 N–H and O–H groups in total. The Bertz CT molecular complexity index is 605. The van der Waals surface area contributed by atoms with Gasteiger partial charge < -0.3 is 25.2 Å². The van der Waals surface area contributed by atoms with Gasteiger partial charge in [-0.15, -0.1) is 0 Å². The van der Waals surface area contributed by atoms with Gasteiger partial charge in [-0.25, -0.2) is 4.79 Å². The average Bonchev–Trinajstić information content (AvgIpc) is 2.58. The summed E-state index contributed by atoms with van der Waals surface area (Å²) in [6, 6.07) is 6.11. The molecule has 0 bridgehead atoms. The predicted molar refractivity (Wildman–Crippen MR) is 96.3 cm³/mol. The summed E-state index contributed by atoms with van der Waals surface area (Å²) in [5.74, 6) is -0.666. The molecular formula is C18H26N2O6. The maximum atomic E-state index is 12.5. The molecule has 1 atom stereocenters. The minimum absolute atomic E-state index is 0.0180. The van der Waals surface area contributed by atoms with Crippen molar-refractivity contribution < 1.29 is 29.0 Å². The molecule has 8 nitrogen and oxygen atoms in total. The van der Waals surface area contributed by atoms with Crippen molar-refractivity contribution in [2.45, 2.75) is 45.6 Å². The molecule has 144 valence electrons. The van der Waals surface area contributed by atoms with Crippen LogP contribution in [0.25, 0.3) is 0 Å². The summed E-state index contributed by atoms with van der Waals surface area (Å²) in [6.45, 7) is 4.23. The van der Waals surface area contributed by atoms with Crippen molar-refractivity contribution in [2.75, 3.05) is 18.5 Å². The van der Waals surface area contributed by atoms with Crippen LogP contribution in [0.4, 0.5) is 10.5 Å². The Morgan fingerprint density at radius 1 is 1.15 bits per heavy atom. The van der Waals surface area contributed by atoms with Crippen LogP contribution in [0.5, 0.6) is 5.75 Å². The van der Waals surface area contributed by atoms with E-state index in [-0.39, 0.29) is 13.0 Å². The van der Waals surface area contributed by atoms with E-state index in [1.54, 1.807) is 31.2 Å². The van der Waals surface area contributed by atoms with E-state index in [4.69, 9.17) is 14.6 Å². The molecule has 0 aromatic heterocycles. The number of anilines is 1. The number of hydrogen-bond donors (Lipinski definition) is 3. The van der Waals surface area contributed by atoms with E-state index < -0.39 is 24.0 Å². The Balaban J connectivity index is 2.70. The standard InChI is InChI=1S/C18H26N2O6/c1-3-25-14-9-7-8-13(12-14)19-17(23)15(20-18(24)26-4-2)10-5-6-11-16(21)22/h7-9,12,15H,3-6,10-11H2,1-2H3,(H,19,23)(H,20,24)(H,21,22). The van der Waals surface area contributed by atoms with Crippen molar-refractivity contribution in [3.8, 4) is 5.75 Å². The fraction of sp³-hybridized carbons (Fsp3) is 0.500. The summed E-state index contributed by atoms with van der Waals surface area (Å²) in [5, 5.41) is 13.9. The fourth-order valence-corrected chi connectivity index (χ4v) is 2.27. The van der Waals surface area contributed by atoms with Gasteiger partial charge in [-0.3, -0.25) is 9.59 Å². The molecule has 0 saturated carbocycles. The first-order valence-corrected chi connectivity index (χ1v) is 8.65. The number of nitrogens with one attached hydrogen (secondary N) is 2. The quantitative estimate of drug-likeness (QED) is 0.519. The number of aliphatic carboxylic acids is 1. The maximum absolute atomic E-state index is 12.5. The summed E-state index contributed by atoms with van der Waals surface area (Å²) < 4.78 is 10.2. The molecule has 0 radical (unpaired) electrons. The summed E-state index contributed by atoms with van der Waals surface area (Å²) in [6.07, 6.45) is 0.542. The summed E-state index contributed by atoms with van der Waals surface area (Å²) in [5.41, 5.74) is 0.544. The number of carbonyl (C=O) groups excluding carboxylic acids is 2. The van der Waals surface area contributed by atoms with Crippen molar-refractivity contribution in [1.29, 1.82) is 0 Å². The Hall–Kier alpha value is -2.77. The number of carbonyl (C=O) groups is 3. The van der Waals surface area contributed by atoms with Crippen LogP contribution < -0.4 is 15.4 Å². The second kappa shape index (κ2) is 11.7. The average molecular weight is 366 g/mol. The van der Waals surface area contributed by atoms with Gasteiger partial charge in [-0.1, -0.05) is 12.5 Å². The molecule has 0 fully saturated rings. The van der Waals surface area contributed by atoms with Crippen molar-refractivity contribution in [2.24, 2.45) is 0 Å². The van der Waals surface area contributed by atoms with Gasteiger partial charge in [-0.05, 0) is 38.8 Å². The largest absolute Gasteiger partial charge is 0.494 e. The molecule has 1 aromatic carbocycles. The molecule has 26 heavy (non-hydrogen) atoms. The van der Waals surface area contributed by atoms with Crippen molar-refractivity contribution >= 4 is 23.7 Å². The van der Waals surface area contributed by atoms with Crippen LogP contribution in [-0.4, -0.2) is 42.3 Å². The number of rotatable bonds is 11. The third kappa shape index (κ3) is 8.36. The zero-order chi connectivity index (χ0) is 19.4. The topological polar surface area (TPSA) is 114 Å². The zero-order valence-electron chi connectivity index (χ0n) is 15.1. The number of carboxylic acid groups (broad SMARTS) is 1. The number of amides is 2. The van der Waals surface area contributed by atoms with E-state index in [9.17, 15) is 14.4 Å². The Morgan fingerprint density at radius 2 is 1.92 bits per heavy atom. The lowest BCUT2D eigenvalue weighted by Gasteiger charge is -2.18. The highest BCUT2D eigenvalue weighted by Gasteiger charge is 2.21. The monoisotopic (exact) mass is 366 g/mol. The lowest BCUT2D eigenvalue weighted by atomic mass is 10.1. The first kappa shape index (κ1) is 21.3. The van der Waals surface area contributed by atoms with E-state index >= 15 is 0 Å². The lowest BCUT2D eigenvalue weighted by molar-refractivity contribution is -0.137. The van der Waals surface area contributed by atoms with E-state index in [0.717, 1.165) is 0 Å². The van der Waals surface area contributed by atoms with E-state index in [1.807, 2.05) is 6.92 Å². The smallest absolute Gasteiger partial charge is 0.407 e. The van der Waals surface area contributed by atoms with Crippen LogP contribution in [0.2, 0.25) is 0 Å². The SMILES string of the molecule is CCOC(=O)NC(CCCCC(=O)O)C(=O)Nc1cccc(OCC)c1. The predicted octanol–water partition coefficient (Wildman–Crippen LogP) is 2.78. The van der Waals surface area contributed by atoms with Crippen LogP contribution in [0.15, 0.2) is 24.3 Å². The van der Waals surface area contributed by atoms with E-state index in [0.29, 0.717) is 37.3 Å². The van der Waals surface area contributed by atoms with Crippen molar-refractivity contribution in [3.63, 3.8) is 0 Å². The van der Waals surface area contributed by atoms with Crippen LogP contribution >= 0.6 is 0 Å². The lowest BCUT2D eigenvalue weighted by Crippen LogP contribution is -2.44. The number of benzene rings is 1. The third-order valence-electron chi connectivity index (χ3n) is 3.43. The van der Waals surface area contributed by atoms with Gasteiger partial charge in [0.1, 0.15) is 11.8 Å². The highest BCUT2D eigenvalue weighted by Crippen LogP contribution is 2.18. The molecule has 8 heteroatoms. The minimum atomic E-state index is -0.892. The van der Waals surface area contributed by atoms with Gasteiger partial charge in [0, 0.05) is 18.2 Å². The molecule has 0 spiro atoms. The molecule has 0 saturated heterocycles. The summed E-state index contributed by atoms with van der Waals surface area (Å²) in [4.78, 5) is 34.8.